The minimum absolute atomic E-state index is 0.282. The molecule has 0 spiro atoms. The maximum Gasteiger partial charge on any atom is 0.258 e. The van der Waals surface area contributed by atoms with Crippen molar-refractivity contribution >= 4 is 35.4 Å². The number of amides is 3. The van der Waals surface area contributed by atoms with Crippen molar-refractivity contribution in [1.82, 2.24) is 0 Å². The maximum absolute atomic E-state index is 11.9. The SMILES string of the molecule is CN(C(=O)/C=C\C=O)c1ccc(Cc2ccc(N3C(=O)C=CC3=O)cc2)cc1. The van der Waals surface area contributed by atoms with Gasteiger partial charge in [-0.25, -0.2) is 4.90 Å². The predicted octanol–water partition coefficient (Wildman–Crippen LogP) is 2.42. The third-order valence-electron chi connectivity index (χ3n) is 4.38. The fraction of sp³-hybridized carbons (Fsp3) is 0.0909. The van der Waals surface area contributed by atoms with E-state index in [2.05, 4.69) is 0 Å². The van der Waals surface area contributed by atoms with Crippen LogP contribution in [0.15, 0.2) is 72.8 Å². The van der Waals surface area contributed by atoms with Gasteiger partial charge in [0, 0.05) is 31.0 Å². The quantitative estimate of drug-likeness (QED) is 0.442. The van der Waals surface area contributed by atoms with E-state index in [1.54, 1.807) is 19.2 Å². The molecule has 28 heavy (non-hydrogen) atoms. The van der Waals surface area contributed by atoms with E-state index in [1.807, 2.05) is 36.4 Å². The summed E-state index contributed by atoms with van der Waals surface area (Å²) in [6.45, 7) is 0. The Morgan fingerprint density at radius 1 is 0.929 bits per heavy atom. The summed E-state index contributed by atoms with van der Waals surface area (Å²) in [7, 11) is 1.64. The molecular formula is C22H18N2O4. The molecule has 0 aliphatic carbocycles. The molecule has 0 aromatic heterocycles. The molecule has 0 radical (unpaired) electrons. The summed E-state index contributed by atoms with van der Waals surface area (Å²) in [4.78, 5) is 48.2. The highest BCUT2D eigenvalue weighted by molar-refractivity contribution is 6.28. The molecule has 0 saturated carbocycles. The number of hydrogen-bond donors (Lipinski definition) is 0. The topological polar surface area (TPSA) is 74.8 Å². The van der Waals surface area contributed by atoms with Gasteiger partial charge in [-0.1, -0.05) is 24.3 Å². The van der Waals surface area contributed by atoms with Gasteiger partial charge in [0.05, 0.1) is 5.69 Å². The first-order chi connectivity index (χ1) is 13.5. The van der Waals surface area contributed by atoms with Crippen molar-refractivity contribution in [1.29, 1.82) is 0 Å². The number of rotatable bonds is 6. The van der Waals surface area contributed by atoms with E-state index in [1.165, 1.54) is 23.1 Å². The third kappa shape index (κ3) is 4.12. The normalized spacial score (nSPS) is 13.4. The zero-order valence-corrected chi connectivity index (χ0v) is 15.2. The van der Waals surface area contributed by atoms with E-state index in [4.69, 9.17) is 0 Å². The lowest BCUT2D eigenvalue weighted by atomic mass is 10.0. The highest BCUT2D eigenvalue weighted by Gasteiger charge is 2.24. The number of carbonyl (C=O) groups excluding carboxylic acids is 4. The van der Waals surface area contributed by atoms with Crippen LogP contribution in [0.4, 0.5) is 11.4 Å². The molecule has 0 saturated heterocycles. The van der Waals surface area contributed by atoms with Crippen LogP contribution in [0, 0.1) is 0 Å². The highest BCUT2D eigenvalue weighted by atomic mass is 16.2. The van der Waals surface area contributed by atoms with Gasteiger partial charge < -0.3 is 4.90 Å². The van der Waals surface area contributed by atoms with Crippen LogP contribution in [0.5, 0.6) is 0 Å². The Morgan fingerprint density at radius 2 is 1.46 bits per heavy atom. The van der Waals surface area contributed by atoms with Gasteiger partial charge in [0.15, 0.2) is 0 Å². The second kappa shape index (κ2) is 8.26. The second-order valence-corrected chi connectivity index (χ2v) is 6.25. The number of hydrogen-bond acceptors (Lipinski definition) is 4. The zero-order valence-electron chi connectivity index (χ0n) is 15.2. The van der Waals surface area contributed by atoms with Gasteiger partial charge in [-0.2, -0.15) is 0 Å². The molecule has 0 fully saturated rings. The fourth-order valence-corrected chi connectivity index (χ4v) is 2.85. The first-order valence-corrected chi connectivity index (χ1v) is 8.63. The van der Waals surface area contributed by atoms with E-state index in [-0.39, 0.29) is 17.7 Å². The van der Waals surface area contributed by atoms with Crippen LogP contribution in [-0.4, -0.2) is 31.1 Å². The van der Waals surface area contributed by atoms with Gasteiger partial charge in [-0.3, -0.25) is 19.2 Å². The lowest BCUT2D eigenvalue weighted by Crippen LogP contribution is -2.29. The summed E-state index contributed by atoms with van der Waals surface area (Å²) in [5.41, 5.74) is 3.35. The standard InChI is InChI=1S/C22H18N2O4/c1-23(20(26)3-2-14-25)18-8-4-16(5-9-18)15-17-6-10-19(11-7-17)24-21(27)12-13-22(24)28/h2-14H,15H2,1H3/b3-2-. The van der Waals surface area contributed by atoms with Crippen molar-refractivity contribution in [2.24, 2.45) is 0 Å². The molecule has 0 unspecified atom stereocenters. The smallest absolute Gasteiger partial charge is 0.258 e. The molecule has 2 aromatic rings. The van der Waals surface area contributed by atoms with E-state index < -0.39 is 0 Å². The Hall–Kier alpha value is -3.80. The van der Waals surface area contributed by atoms with Crippen LogP contribution < -0.4 is 9.80 Å². The van der Waals surface area contributed by atoms with Gasteiger partial charge in [-0.05, 0) is 47.9 Å². The zero-order chi connectivity index (χ0) is 20.1. The van der Waals surface area contributed by atoms with Crippen LogP contribution in [0.3, 0.4) is 0 Å². The summed E-state index contributed by atoms with van der Waals surface area (Å²) < 4.78 is 0. The predicted molar refractivity (Wildman–Crippen MR) is 106 cm³/mol. The molecule has 0 atom stereocenters. The van der Waals surface area contributed by atoms with E-state index in [9.17, 15) is 19.2 Å². The van der Waals surface area contributed by atoms with Crippen LogP contribution in [-0.2, 0) is 25.6 Å². The second-order valence-electron chi connectivity index (χ2n) is 6.25. The van der Waals surface area contributed by atoms with Crippen molar-refractivity contribution in [2.75, 3.05) is 16.8 Å². The van der Waals surface area contributed by atoms with Crippen molar-refractivity contribution in [3.63, 3.8) is 0 Å². The Balaban J connectivity index is 1.66. The number of allylic oxidation sites excluding steroid dienone is 1. The maximum atomic E-state index is 11.9. The van der Waals surface area contributed by atoms with Crippen molar-refractivity contribution in [3.05, 3.63) is 84.0 Å². The first kappa shape index (κ1) is 19.0. The van der Waals surface area contributed by atoms with Crippen LogP contribution >= 0.6 is 0 Å². The number of benzene rings is 2. The first-order valence-electron chi connectivity index (χ1n) is 8.63. The average molecular weight is 374 g/mol. The number of anilines is 2. The molecule has 1 aliphatic rings. The number of likely N-dealkylation sites (N-methyl/N-ethyl adjacent to an activating group) is 1. The molecule has 3 amide bonds. The molecule has 6 nitrogen and oxygen atoms in total. The Morgan fingerprint density at radius 3 is 2.00 bits per heavy atom. The Labute approximate surface area is 162 Å². The molecule has 0 N–H and O–H groups in total. The molecule has 6 heteroatoms. The number of carbonyl (C=O) groups is 4. The summed E-state index contributed by atoms with van der Waals surface area (Å²) in [5.74, 6) is -0.957. The lowest BCUT2D eigenvalue weighted by molar-refractivity contribution is -0.120. The van der Waals surface area contributed by atoms with Gasteiger partial charge in [0.1, 0.15) is 6.29 Å². The molecule has 0 bridgehead atoms. The summed E-state index contributed by atoms with van der Waals surface area (Å²) in [6.07, 6.45) is 6.13. The van der Waals surface area contributed by atoms with Gasteiger partial charge in [-0.15, -0.1) is 0 Å². The van der Waals surface area contributed by atoms with Gasteiger partial charge in [0.2, 0.25) is 0 Å². The van der Waals surface area contributed by atoms with Crippen molar-refractivity contribution < 1.29 is 19.2 Å². The van der Waals surface area contributed by atoms with Crippen LogP contribution in [0.25, 0.3) is 0 Å². The summed E-state index contributed by atoms with van der Waals surface area (Å²) in [6, 6.07) is 14.8. The summed E-state index contributed by atoms with van der Waals surface area (Å²) in [5, 5.41) is 0. The minimum atomic E-state index is -0.338. The van der Waals surface area contributed by atoms with Crippen LogP contribution in [0.2, 0.25) is 0 Å². The van der Waals surface area contributed by atoms with Crippen molar-refractivity contribution in [2.45, 2.75) is 6.42 Å². The Bertz CT molecular complexity index is 955. The van der Waals surface area contributed by atoms with E-state index >= 15 is 0 Å². The monoisotopic (exact) mass is 374 g/mol. The molecule has 140 valence electrons. The van der Waals surface area contributed by atoms with E-state index in [0.29, 0.717) is 18.4 Å². The largest absolute Gasteiger partial charge is 0.312 e. The molecule has 2 aromatic carbocycles. The third-order valence-corrected chi connectivity index (χ3v) is 4.38. The lowest BCUT2D eigenvalue weighted by Gasteiger charge is -2.16. The number of imide groups is 1. The molecule has 1 aliphatic heterocycles. The molecule has 1 heterocycles. The average Bonchev–Trinajstić information content (AvgIpc) is 3.05. The minimum Gasteiger partial charge on any atom is -0.312 e. The molecular weight excluding hydrogens is 356 g/mol. The Kier molecular flexibility index (Phi) is 5.60. The number of nitrogens with zero attached hydrogens (tertiary/aromatic N) is 2. The fourth-order valence-electron chi connectivity index (χ4n) is 2.85. The summed E-state index contributed by atoms with van der Waals surface area (Å²) >= 11 is 0. The van der Waals surface area contributed by atoms with E-state index in [0.717, 1.165) is 27.8 Å². The highest BCUT2D eigenvalue weighted by Crippen LogP contribution is 2.21. The molecule has 3 rings (SSSR count). The number of aldehydes is 1. The van der Waals surface area contributed by atoms with Crippen LogP contribution in [0.1, 0.15) is 11.1 Å². The van der Waals surface area contributed by atoms with Crippen molar-refractivity contribution in [3.8, 4) is 0 Å². The van der Waals surface area contributed by atoms with Gasteiger partial charge >= 0.3 is 0 Å². The van der Waals surface area contributed by atoms with Gasteiger partial charge in [0.25, 0.3) is 17.7 Å².